The van der Waals surface area contributed by atoms with Crippen molar-refractivity contribution >= 4 is 21.7 Å². The number of ketones is 1. The molecule has 0 N–H and O–H groups in total. The second-order valence-corrected chi connectivity index (χ2v) is 4.50. The molecule has 0 amide bonds. The fourth-order valence-corrected chi connectivity index (χ4v) is 1.53. The normalized spacial score (nSPS) is 9.94. The van der Waals surface area contributed by atoms with Gasteiger partial charge in [0, 0.05) is 4.47 Å². The van der Waals surface area contributed by atoms with E-state index in [1.807, 2.05) is 13.0 Å². The highest BCUT2D eigenvalue weighted by Crippen LogP contribution is 2.24. The van der Waals surface area contributed by atoms with Crippen LogP contribution >= 0.6 is 15.9 Å². The van der Waals surface area contributed by atoms with Crippen LogP contribution in [0.5, 0.6) is 5.75 Å². The van der Waals surface area contributed by atoms with E-state index in [2.05, 4.69) is 22.5 Å². The van der Waals surface area contributed by atoms with E-state index in [-0.39, 0.29) is 5.78 Å². The number of carbonyl (C=O) groups excluding carboxylic acids is 1. The first-order chi connectivity index (χ1) is 7.54. The van der Waals surface area contributed by atoms with Crippen LogP contribution in [0.25, 0.3) is 0 Å². The van der Waals surface area contributed by atoms with Crippen molar-refractivity contribution in [1.29, 1.82) is 0 Å². The van der Waals surface area contributed by atoms with Crippen LogP contribution in [-0.2, 0) is 0 Å². The highest BCUT2D eigenvalue weighted by Gasteiger charge is 2.09. The molecular weight excluding hydrogens is 268 g/mol. The van der Waals surface area contributed by atoms with Gasteiger partial charge in [-0.15, -0.1) is 0 Å². The highest BCUT2D eigenvalue weighted by atomic mass is 79.9. The Bertz CT molecular complexity index is 410. The highest BCUT2D eigenvalue weighted by molar-refractivity contribution is 9.10. The van der Waals surface area contributed by atoms with E-state index in [9.17, 15) is 4.79 Å². The molecule has 2 nitrogen and oxygen atoms in total. The number of rotatable bonds is 5. The van der Waals surface area contributed by atoms with Gasteiger partial charge >= 0.3 is 0 Å². The summed E-state index contributed by atoms with van der Waals surface area (Å²) in [5, 5.41) is 0. The molecule has 0 saturated heterocycles. The van der Waals surface area contributed by atoms with E-state index in [1.54, 1.807) is 12.1 Å². The Morgan fingerprint density at radius 2 is 2.19 bits per heavy atom. The first-order valence-corrected chi connectivity index (χ1v) is 5.93. The lowest BCUT2D eigenvalue weighted by Crippen LogP contribution is -2.04. The number of ether oxygens (including phenoxy) is 1. The van der Waals surface area contributed by atoms with Gasteiger partial charge in [0.1, 0.15) is 12.4 Å². The van der Waals surface area contributed by atoms with Gasteiger partial charge in [0.15, 0.2) is 5.78 Å². The zero-order valence-corrected chi connectivity index (χ0v) is 11.1. The molecule has 0 aliphatic rings. The van der Waals surface area contributed by atoms with Crippen LogP contribution in [0.2, 0.25) is 0 Å². The molecule has 1 aromatic rings. The largest absolute Gasteiger partial charge is 0.488 e. The first kappa shape index (κ1) is 13.0. The summed E-state index contributed by atoms with van der Waals surface area (Å²) in [6.45, 7) is 7.87. The van der Waals surface area contributed by atoms with E-state index in [4.69, 9.17) is 4.74 Å². The van der Waals surface area contributed by atoms with E-state index >= 15 is 0 Å². The smallest absolute Gasteiger partial charge is 0.163 e. The van der Waals surface area contributed by atoms with Crippen molar-refractivity contribution in [2.45, 2.75) is 20.3 Å². The second-order valence-electron chi connectivity index (χ2n) is 3.59. The number of carbonyl (C=O) groups is 1. The van der Waals surface area contributed by atoms with Crippen molar-refractivity contribution in [1.82, 2.24) is 0 Å². The SMILES string of the molecule is C=C(CC)COc1cc(Br)ccc1C(C)=O. The molecule has 0 unspecified atom stereocenters. The zero-order chi connectivity index (χ0) is 12.1. The van der Waals surface area contributed by atoms with Crippen LogP contribution < -0.4 is 4.74 Å². The van der Waals surface area contributed by atoms with Crippen molar-refractivity contribution in [3.05, 3.63) is 40.4 Å². The molecule has 3 heteroatoms. The summed E-state index contributed by atoms with van der Waals surface area (Å²) in [7, 11) is 0. The predicted octanol–water partition coefficient (Wildman–Crippen LogP) is 4.00. The Kier molecular flexibility index (Phi) is 4.74. The summed E-state index contributed by atoms with van der Waals surface area (Å²) in [4.78, 5) is 11.4. The molecular formula is C13H15BrO2. The molecule has 0 radical (unpaired) electrons. The quantitative estimate of drug-likeness (QED) is 0.603. The monoisotopic (exact) mass is 282 g/mol. The number of benzene rings is 1. The molecule has 0 aromatic heterocycles. The van der Waals surface area contributed by atoms with Gasteiger partial charge in [0.05, 0.1) is 5.56 Å². The number of Topliss-reactive ketones (excluding diaryl/α,β-unsaturated/α-hetero) is 1. The van der Waals surface area contributed by atoms with Crippen LogP contribution in [0.15, 0.2) is 34.8 Å². The minimum absolute atomic E-state index is 0.00427. The topological polar surface area (TPSA) is 26.3 Å². The van der Waals surface area contributed by atoms with Crippen LogP contribution in [0.3, 0.4) is 0 Å². The molecule has 1 rings (SSSR count). The van der Waals surface area contributed by atoms with Crippen molar-refractivity contribution in [3.63, 3.8) is 0 Å². The first-order valence-electron chi connectivity index (χ1n) is 5.14. The van der Waals surface area contributed by atoms with Crippen LogP contribution in [0.4, 0.5) is 0 Å². The maximum absolute atomic E-state index is 11.4. The van der Waals surface area contributed by atoms with Crippen molar-refractivity contribution in [2.75, 3.05) is 6.61 Å². The summed E-state index contributed by atoms with van der Waals surface area (Å²) in [6.07, 6.45) is 0.878. The van der Waals surface area contributed by atoms with Crippen LogP contribution in [-0.4, -0.2) is 12.4 Å². The van der Waals surface area contributed by atoms with Crippen molar-refractivity contribution in [3.8, 4) is 5.75 Å². The summed E-state index contributed by atoms with van der Waals surface area (Å²) >= 11 is 3.36. The molecule has 0 spiro atoms. The lowest BCUT2D eigenvalue weighted by atomic mass is 10.1. The molecule has 0 bridgehead atoms. The number of halogens is 1. The van der Waals surface area contributed by atoms with Gasteiger partial charge in [-0.05, 0) is 37.1 Å². The third kappa shape index (κ3) is 3.49. The molecule has 0 atom stereocenters. The Labute approximate surface area is 104 Å². The standard InChI is InChI=1S/C13H15BrO2/c1-4-9(2)8-16-13-7-11(14)5-6-12(13)10(3)15/h5-7H,2,4,8H2,1,3H3. The van der Waals surface area contributed by atoms with Gasteiger partial charge in [-0.25, -0.2) is 0 Å². The van der Waals surface area contributed by atoms with Crippen molar-refractivity contribution in [2.24, 2.45) is 0 Å². The van der Waals surface area contributed by atoms with E-state index in [0.29, 0.717) is 17.9 Å². The maximum atomic E-state index is 11.4. The predicted molar refractivity (Wildman–Crippen MR) is 69.1 cm³/mol. The van der Waals surface area contributed by atoms with Gasteiger partial charge in [0.25, 0.3) is 0 Å². The molecule has 0 heterocycles. The third-order valence-corrected chi connectivity index (χ3v) is 2.75. The minimum atomic E-state index is 0.00427. The Morgan fingerprint density at radius 1 is 1.50 bits per heavy atom. The molecule has 86 valence electrons. The zero-order valence-electron chi connectivity index (χ0n) is 9.55. The second kappa shape index (κ2) is 5.85. The van der Waals surface area contributed by atoms with E-state index < -0.39 is 0 Å². The molecule has 0 saturated carbocycles. The Balaban J connectivity index is 2.88. The molecule has 0 aliphatic carbocycles. The lowest BCUT2D eigenvalue weighted by Gasteiger charge is -2.10. The van der Waals surface area contributed by atoms with Gasteiger partial charge in [-0.2, -0.15) is 0 Å². The molecule has 1 aromatic carbocycles. The average molecular weight is 283 g/mol. The number of hydrogen-bond acceptors (Lipinski definition) is 2. The minimum Gasteiger partial charge on any atom is -0.488 e. The Hall–Kier alpha value is -1.09. The molecule has 16 heavy (non-hydrogen) atoms. The maximum Gasteiger partial charge on any atom is 0.163 e. The van der Waals surface area contributed by atoms with Gasteiger partial charge < -0.3 is 4.74 Å². The summed E-state index contributed by atoms with van der Waals surface area (Å²) in [5.74, 6) is 0.612. The van der Waals surface area contributed by atoms with Crippen molar-refractivity contribution < 1.29 is 9.53 Å². The lowest BCUT2D eigenvalue weighted by molar-refractivity contribution is 0.101. The Morgan fingerprint density at radius 3 is 2.75 bits per heavy atom. The summed E-state index contributed by atoms with van der Waals surface area (Å²) in [6, 6.07) is 5.40. The molecule has 0 aliphatic heterocycles. The average Bonchev–Trinajstić information content (AvgIpc) is 2.25. The third-order valence-electron chi connectivity index (χ3n) is 2.25. The fraction of sp³-hybridized carbons (Fsp3) is 0.308. The van der Waals surface area contributed by atoms with E-state index in [0.717, 1.165) is 16.5 Å². The van der Waals surface area contributed by atoms with Gasteiger partial charge in [-0.1, -0.05) is 29.4 Å². The van der Waals surface area contributed by atoms with Crippen LogP contribution in [0.1, 0.15) is 30.6 Å². The summed E-state index contributed by atoms with van der Waals surface area (Å²) in [5.41, 5.74) is 1.61. The van der Waals surface area contributed by atoms with E-state index in [1.165, 1.54) is 6.92 Å². The van der Waals surface area contributed by atoms with Gasteiger partial charge in [-0.3, -0.25) is 4.79 Å². The van der Waals surface area contributed by atoms with Crippen LogP contribution in [0, 0.1) is 0 Å². The number of hydrogen-bond donors (Lipinski definition) is 0. The molecule has 0 fully saturated rings. The van der Waals surface area contributed by atoms with Gasteiger partial charge in [0.2, 0.25) is 0 Å². The summed E-state index contributed by atoms with van der Waals surface area (Å²) < 4.78 is 6.48. The fourth-order valence-electron chi connectivity index (χ4n) is 1.19.